The van der Waals surface area contributed by atoms with Crippen LogP contribution in [0, 0.1) is 23.2 Å². The molecule has 0 saturated heterocycles. The minimum absolute atomic E-state index is 0.0195. The van der Waals surface area contributed by atoms with Gasteiger partial charge in [-0.05, 0) is 104 Å². The maximum atomic E-state index is 13.0. The van der Waals surface area contributed by atoms with Crippen LogP contribution in [0.1, 0.15) is 114 Å². The lowest BCUT2D eigenvalue weighted by Gasteiger charge is -2.53. The summed E-state index contributed by atoms with van der Waals surface area (Å²) in [6, 6.07) is 5.92. The quantitative estimate of drug-likeness (QED) is 0.165. The van der Waals surface area contributed by atoms with Crippen LogP contribution in [0.25, 0.3) is 0 Å². The Morgan fingerprint density at radius 2 is 1.59 bits per heavy atom. The SMILES string of the molecule is C[C@]12CC[C@@H]3c4ccc(O)cc4C[C@H](CCCCCCCCC[S@](=O)CCCC(F)(F)C(F)(F)F)[C@@H]3[C@H]1CC[C@@H]2O. The van der Waals surface area contributed by atoms with Gasteiger partial charge in [-0.25, -0.2) is 0 Å². The average molecular weight is 607 g/mol. The van der Waals surface area contributed by atoms with Crippen molar-refractivity contribution in [2.75, 3.05) is 11.5 Å². The van der Waals surface area contributed by atoms with Gasteiger partial charge in [0.1, 0.15) is 5.75 Å². The molecule has 3 nitrogen and oxygen atoms in total. The number of rotatable bonds is 14. The molecule has 4 rings (SSSR count). The topological polar surface area (TPSA) is 57.5 Å². The highest BCUT2D eigenvalue weighted by Crippen LogP contribution is 2.62. The molecule has 2 fully saturated rings. The maximum absolute atomic E-state index is 13.0. The first-order valence-corrected chi connectivity index (χ1v) is 17.1. The minimum Gasteiger partial charge on any atom is -0.508 e. The van der Waals surface area contributed by atoms with Gasteiger partial charge >= 0.3 is 12.1 Å². The Hall–Kier alpha value is -1.22. The number of aliphatic hydroxyl groups excluding tert-OH is 1. The normalized spacial score (nSPS) is 30.5. The monoisotopic (exact) mass is 606 g/mol. The maximum Gasteiger partial charge on any atom is 0.453 e. The van der Waals surface area contributed by atoms with E-state index >= 15 is 0 Å². The molecule has 0 heterocycles. The molecule has 3 aliphatic carbocycles. The van der Waals surface area contributed by atoms with E-state index in [1.165, 1.54) is 11.1 Å². The molecule has 234 valence electrons. The van der Waals surface area contributed by atoms with Crippen LogP contribution in [0.15, 0.2) is 18.2 Å². The van der Waals surface area contributed by atoms with E-state index in [9.17, 15) is 36.4 Å². The predicted octanol–water partition coefficient (Wildman–Crippen LogP) is 8.68. The zero-order valence-corrected chi connectivity index (χ0v) is 25.1. The summed E-state index contributed by atoms with van der Waals surface area (Å²) in [5.74, 6) is -1.91. The van der Waals surface area contributed by atoms with Crippen molar-refractivity contribution in [2.45, 2.75) is 127 Å². The first kappa shape index (κ1) is 32.7. The first-order chi connectivity index (χ1) is 19.3. The van der Waals surface area contributed by atoms with Crippen molar-refractivity contribution in [1.82, 2.24) is 0 Å². The fourth-order valence-corrected chi connectivity index (χ4v) is 9.48. The number of halogens is 5. The Balaban J connectivity index is 1.15. The molecular formula is C32H47F5O3S. The summed E-state index contributed by atoms with van der Waals surface area (Å²) in [6.07, 6.45) is 5.97. The van der Waals surface area contributed by atoms with Crippen LogP contribution >= 0.6 is 0 Å². The van der Waals surface area contributed by atoms with Gasteiger partial charge in [0, 0.05) is 28.7 Å². The number of hydrogen-bond acceptors (Lipinski definition) is 3. The van der Waals surface area contributed by atoms with Gasteiger partial charge in [-0.15, -0.1) is 0 Å². The van der Waals surface area contributed by atoms with Crippen molar-refractivity contribution in [3.05, 3.63) is 29.3 Å². The van der Waals surface area contributed by atoms with Crippen molar-refractivity contribution in [2.24, 2.45) is 23.2 Å². The molecule has 1 aromatic rings. The number of unbranched alkanes of at least 4 members (excludes halogenated alkanes) is 6. The predicted molar refractivity (Wildman–Crippen MR) is 153 cm³/mol. The van der Waals surface area contributed by atoms with Gasteiger partial charge in [0.2, 0.25) is 0 Å². The third kappa shape index (κ3) is 7.66. The highest BCUT2D eigenvalue weighted by Gasteiger charge is 2.57. The van der Waals surface area contributed by atoms with Gasteiger partial charge in [-0.1, -0.05) is 51.5 Å². The Morgan fingerprint density at radius 1 is 0.927 bits per heavy atom. The summed E-state index contributed by atoms with van der Waals surface area (Å²) >= 11 is 0. The number of aliphatic hydroxyl groups is 1. The first-order valence-electron chi connectivity index (χ1n) is 15.6. The van der Waals surface area contributed by atoms with Crippen LogP contribution in [-0.4, -0.2) is 44.1 Å². The Bertz CT molecular complexity index is 1030. The summed E-state index contributed by atoms with van der Waals surface area (Å²) in [5.41, 5.74) is 2.73. The number of phenols is 1. The number of hydrogen-bond donors (Lipinski definition) is 2. The van der Waals surface area contributed by atoms with Gasteiger partial charge in [0.05, 0.1) is 6.10 Å². The smallest absolute Gasteiger partial charge is 0.453 e. The second kappa shape index (κ2) is 13.6. The lowest BCUT2D eigenvalue weighted by molar-refractivity contribution is -0.284. The molecule has 0 aromatic heterocycles. The molecule has 2 saturated carbocycles. The third-order valence-corrected chi connectivity index (χ3v) is 12.0. The van der Waals surface area contributed by atoms with Crippen LogP contribution in [0.3, 0.4) is 0 Å². The Labute approximate surface area is 244 Å². The Kier molecular flexibility index (Phi) is 10.8. The van der Waals surface area contributed by atoms with E-state index in [0.29, 0.717) is 41.6 Å². The summed E-state index contributed by atoms with van der Waals surface area (Å²) < 4.78 is 74.5. The van der Waals surface area contributed by atoms with Gasteiger partial charge in [-0.2, -0.15) is 22.0 Å². The van der Waals surface area contributed by atoms with Crippen LogP contribution in [0.5, 0.6) is 5.75 Å². The summed E-state index contributed by atoms with van der Waals surface area (Å²) in [7, 11) is -1.35. The molecule has 1 aromatic carbocycles. The second-order valence-corrected chi connectivity index (χ2v) is 14.9. The third-order valence-electron chi connectivity index (χ3n) is 10.6. The highest BCUT2D eigenvalue weighted by molar-refractivity contribution is 7.84. The molecule has 41 heavy (non-hydrogen) atoms. The van der Waals surface area contributed by atoms with Crippen LogP contribution in [0.2, 0.25) is 0 Å². The second-order valence-electron chi connectivity index (χ2n) is 13.2. The number of phenolic OH excluding ortho intramolecular Hbond substituents is 1. The molecule has 0 unspecified atom stereocenters. The van der Waals surface area contributed by atoms with Crippen molar-refractivity contribution >= 4 is 10.8 Å². The van der Waals surface area contributed by atoms with Gasteiger partial charge < -0.3 is 10.2 Å². The van der Waals surface area contributed by atoms with E-state index in [1.54, 1.807) is 0 Å². The number of fused-ring (bicyclic) bond motifs is 5. The molecular weight excluding hydrogens is 559 g/mol. The molecule has 0 aliphatic heterocycles. The van der Waals surface area contributed by atoms with Crippen LogP contribution in [-0.2, 0) is 17.2 Å². The van der Waals surface area contributed by atoms with Crippen LogP contribution < -0.4 is 0 Å². The van der Waals surface area contributed by atoms with E-state index in [0.717, 1.165) is 77.0 Å². The van der Waals surface area contributed by atoms with Gasteiger partial charge in [0.15, 0.2) is 0 Å². The number of alkyl halides is 5. The lowest BCUT2D eigenvalue weighted by atomic mass is 9.52. The average Bonchev–Trinajstić information content (AvgIpc) is 3.20. The molecule has 0 spiro atoms. The molecule has 0 radical (unpaired) electrons. The van der Waals surface area contributed by atoms with Crippen molar-refractivity contribution in [3.63, 3.8) is 0 Å². The van der Waals surface area contributed by atoms with Gasteiger partial charge in [0.25, 0.3) is 0 Å². The van der Waals surface area contributed by atoms with E-state index in [1.807, 2.05) is 12.1 Å². The number of aromatic hydroxyl groups is 1. The minimum atomic E-state index is -5.54. The zero-order valence-electron chi connectivity index (χ0n) is 24.2. The van der Waals surface area contributed by atoms with Crippen molar-refractivity contribution < 1.29 is 36.4 Å². The standard InChI is InChI=1S/C32H47F5O3S/c1-30-17-15-26-25-12-11-24(38)21-23(25)20-22(29(26)27(30)13-14-28(30)39)10-7-5-3-2-4-6-8-18-41(40)19-9-16-31(33,34)32(35,36)37/h11-12,21-22,26-29,38-39H,2-10,13-20H2,1H3/t22-,26+,27+,28-,29-,30-,41-/m0/s1. The molecule has 7 atom stereocenters. The van der Waals surface area contributed by atoms with E-state index in [2.05, 4.69) is 13.0 Å². The molecule has 0 amide bonds. The largest absolute Gasteiger partial charge is 0.508 e. The van der Waals surface area contributed by atoms with E-state index in [-0.39, 0.29) is 17.3 Å². The lowest BCUT2D eigenvalue weighted by Crippen LogP contribution is -2.47. The summed E-state index contributed by atoms with van der Waals surface area (Å²) in [4.78, 5) is 0. The molecule has 3 aliphatic rings. The van der Waals surface area contributed by atoms with E-state index < -0.39 is 35.7 Å². The Morgan fingerprint density at radius 3 is 2.29 bits per heavy atom. The van der Waals surface area contributed by atoms with Gasteiger partial charge in [-0.3, -0.25) is 4.21 Å². The summed E-state index contributed by atoms with van der Waals surface area (Å²) in [6.45, 7) is 2.30. The highest BCUT2D eigenvalue weighted by atomic mass is 32.2. The fourth-order valence-electron chi connectivity index (χ4n) is 8.28. The van der Waals surface area contributed by atoms with Crippen molar-refractivity contribution in [1.29, 1.82) is 0 Å². The zero-order chi connectivity index (χ0) is 29.8. The fraction of sp³-hybridized carbons (Fsp3) is 0.812. The number of benzene rings is 1. The van der Waals surface area contributed by atoms with Crippen LogP contribution in [0.4, 0.5) is 22.0 Å². The van der Waals surface area contributed by atoms with E-state index in [4.69, 9.17) is 0 Å². The van der Waals surface area contributed by atoms with Crippen molar-refractivity contribution in [3.8, 4) is 5.75 Å². The molecule has 9 heteroatoms. The summed E-state index contributed by atoms with van der Waals surface area (Å²) in [5, 5.41) is 21.0. The molecule has 0 bridgehead atoms. The molecule has 2 N–H and O–H groups in total.